The molecule has 3 nitrogen and oxygen atoms in total. The number of aliphatic hydroxyl groups excluding tert-OH is 1. The van der Waals surface area contributed by atoms with Gasteiger partial charge in [-0.25, -0.2) is 0 Å². The van der Waals surface area contributed by atoms with E-state index in [1.165, 1.54) is 11.1 Å². The highest BCUT2D eigenvalue weighted by Crippen LogP contribution is 2.35. The molecule has 1 atom stereocenters. The zero-order valence-corrected chi connectivity index (χ0v) is 13.9. The number of aliphatic hydroxyl groups is 1. The van der Waals surface area contributed by atoms with Crippen LogP contribution in [0.3, 0.4) is 0 Å². The van der Waals surface area contributed by atoms with Gasteiger partial charge in [0.15, 0.2) is 11.5 Å². The molecule has 1 N–H and O–H groups in total. The molecule has 0 saturated carbocycles. The Balaban J connectivity index is 2.19. The van der Waals surface area contributed by atoms with Crippen LogP contribution >= 0.6 is 0 Å². The van der Waals surface area contributed by atoms with Crippen molar-refractivity contribution in [2.45, 2.75) is 26.4 Å². The maximum atomic E-state index is 10.7. The molecule has 1 aliphatic rings. The Hall–Kier alpha value is -2.44. The molecule has 0 amide bonds. The Morgan fingerprint density at radius 2 is 1.52 bits per heavy atom. The number of benzene rings is 2. The minimum absolute atomic E-state index is 0.535. The lowest BCUT2D eigenvalue weighted by atomic mass is 9.90. The Morgan fingerprint density at radius 1 is 0.913 bits per heavy atom. The second kappa shape index (κ2) is 5.98. The molecule has 2 aromatic rings. The zero-order valence-electron chi connectivity index (χ0n) is 13.9. The highest BCUT2D eigenvalue weighted by atomic mass is 16.5. The number of fused-ring (bicyclic) bond motifs is 2. The van der Waals surface area contributed by atoms with E-state index in [0.29, 0.717) is 17.9 Å². The summed E-state index contributed by atoms with van der Waals surface area (Å²) in [4.78, 5) is 0. The molecule has 3 rings (SSSR count). The van der Waals surface area contributed by atoms with E-state index in [1.807, 2.05) is 12.1 Å². The third-order valence-electron chi connectivity index (χ3n) is 4.38. The molecule has 23 heavy (non-hydrogen) atoms. The van der Waals surface area contributed by atoms with Gasteiger partial charge in [-0.1, -0.05) is 17.9 Å². The average molecular weight is 308 g/mol. The summed E-state index contributed by atoms with van der Waals surface area (Å²) < 4.78 is 10.7. The first-order valence-electron chi connectivity index (χ1n) is 7.59. The van der Waals surface area contributed by atoms with Gasteiger partial charge in [0.25, 0.3) is 0 Å². The fourth-order valence-corrected chi connectivity index (χ4v) is 2.89. The molecule has 0 aromatic heterocycles. The quantitative estimate of drug-likeness (QED) is 0.865. The van der Waals surface area contributed by atoms with Crippen LogP contribution in [0.15, 0.2) is 24.3 Å². The topological polar surface area (TPSA) is 38.7 Å². The summed E-state index contributed by atoms with van der Waals surface area (Å²) in [7, 11) is 3.19. The smallest absolute Gasteiger partial charge is 0.161 e. The standard InChI is InChI=1S/C20H20O3/c1-12-7-14-5-6-15-10-19(22-3)20(23-4)11-17(15)18(21)9-16(14)8-13(12)2/h7-8,10-11,18,21H,9H2,1-4H3. The van der Waals surface area contributed by atoms with E-state index in [0.717, 1.165) is 22.3 Å². The van der Waals surface area contributed by atoms with E-state index < -0.39 is 6.10 Å². The van der Waals surface area contributed by atoms with E-state index in [2.05, 4.69) is 37.8 Å². The van der Waals surface area contributed by atoms with Crippen LogP contribution in [-0.4, -0.2) is 19.3 Å². The van der Waals surface area contributed by atoms with Crippen LogP contribution in [0.2, 0.25) is 0 Å². The molecule has 2 aromatic carbocycles. The Kier molecular flexibility index (Phi) is 4.02. The van der Waals surface area contributed by atoms with Crippen LogP contribution in [-0.2, 0) is 6.42 Å². The van der Waals surface area contributed by atoms with E-state index >= 15 is 0 Å². The summed E-state index contributed by atoms with van der Waals surface area (Å²) in [6.45, 7) is 4.16. The summed E-state index contributed by atoms with van der Waals surface area (Å²) >= 11 is 0. The molecule has 3 heteroatoms. The SMILES string of the molecule is COc1cc2c(cc1OC)C(O)Cc1cc(C)c(C)cc1C#C2. The van der Waals surface area contributed by atoms with Crippen molar-refractivity contribution in [3.05, 3.63) is 57.6 Å². The molecule has 1 unspecified atom stereocenters. The van der Waals surface area contributed by atoms with Crippen molar-refractivity contribution in [2.75, 3.05) is 14.2 Å². The van der Waals surface area contributed by atoms with Gasteiger partial charge >= 0.3 is 0 Å². The van der Waals surface area contributed by atoms with Crippen molar-refractivity contribution >= 4 is 0 Å². The minimum Gasteiger partial charge on any atom is -0.493 e. The maximum absolute atomic E-state index is 10.7. The van der Waals surface area contributed by atoms with Crippen LogP contribution in [0.25, 0.3) is 0 Å². The lowest BCUT2D eigenvalue weighted by molar-refractivity contribution is 0.177. The summed E-state index contributed by atoms with van der Waals surface area (Å²) in [5, 5.41) is 10.7. The second-order valence-corrected chi connectivity index (χ2v) is 5.86. The van der Waals surface area contributed by atoms with Crippen molar-refractivity contribution in [1.82, 2.24) is 0 Å². The maximum Gasteiger partial charge on any atom is 0.161 e. The van der Waals surface area contributed by atoms with E-state index in [4.69, 9.17) is 9.47 Å². The molecule has 0 heterocycles. The summed E-state index contributed by atoms with van der Waals surface area (Å²) in [5.74, 6) is 7.64. The average Bonchev–Trinajstić information content (AvgIpc) is 2.54. The molecule has 0 saturated heterocycles. The summed E-state index contributed by atoms with van der Waals surface area (Å²) in [6, 6.07) is 7.86. The van der Waals surface area contributed by atoms with E-state index in [1.54, 1.807) is 14.2 Å². The first kappa shape index (κ1) is 15.5. The molecule has 1 aliphatic carbocycles. The number of ether oxygens (including phenoxy) is 2. The van der Waals surface area contributed by atoms with Gasteiger partial charge < -0.3 is 14.6 Å². The molecular weight excluding hydrogens is 288 g/mol. The number of hydrogen-bond acceptors (Lipinski definition) is 3. The van der Waals surface area contributed by atoms with Crippen LogP contribution in [0, 0.1) is 25.7 Å². The third kappa shape index (κ3) is 2.78. The number of aryl methyl sites for hydroxylation is 2. The first-order valence-corrected chi connectivity index (χ1v) is 7.59. The normalized spacial score (nSPS) is 15.4. The fraction of sp³-hybridized carbons (Fsp3) is 0.300. The Morgan fingerprint density at radius 3 is 2.22 bits per heavy atom. The van der Waals surface area contributed by atoms with Gasteiger partial charge in [-0.2, -0.15) is 0 Å². The number of hydrogen-bond donors (Lipinski definition) is 1. The van der Waals surface area contributed by atoms with Gasteiger partial charge in [-0.15, -0.1) is 0 Å². The van der Waals surface area contributed by atoms with Crippen LogP contribution in [0.1, 0.15) is 39.5 Å². The number of methoxy groups -OCH3 is 2. The minimum atomic E-state index is -0.625. The van der Waals surface area contributed by atoms with Gasteiger partial charge in [-0.05, 0) is 42.7 Å². The van der Waals surface area contributed by atoms with E-state index in [9.17, 15) is 5.11 Å². The lowest BCUT2D eigenvalue weighted by Gasteiger charge is -2.19. The second-order valence-electron chi connectivity index (χ2n) is 5.86. The fourth-order valence-electron chi connectivity index (χ4n) is 2.89. The molecule has 0 aliphatic heterocycles. The van der Waals surface area contributed by atoms with Crippen molar-refractivity contribution in [1.29, 1.82) is 0 Å². The van der Waals surface area contributed by atoms with Gasteiger partial charge in [-0.3, -0.25) is 0 Å². The predicted octanol–water partition coefficient (Wildman–Crippen LogP) is 3.31. The highest BCUT2D eigenvalue weighted by molar-refractivity contribution is 5.58. The predicted molar refractivity (Wildman–Crippen MR) is 90.1 cm³/mol. The van der Waals surface area contributed by atoms with Crippen LogP contribution < -0.4 is 9.47 Å². The third-order valence-corrected chi connectivity index (χ3v) is 4.38. The van der Waals surface area contributed by atoms with Crippen molar-refractivity contribution < 1.29 is 14.6 Å². The van der Waals surface area contributed by atoms with Gasteiger partial charge in [0.2, 0.25) is 0 Å². The van der Waals surface area contributed by atoms with E-state index in [-0.39, 0.29) is 0 Å². The molecule has 0 spiro atoms. The molecular formula is C20H20O3. The van der Waals surface area contributed by atoms with Crippen molar-refractivity contribution in [3.8, 4) is 23.3 Å². The Labute approximate surface area is 136 Å². The molecule has 0 fully saturated rings. The van der Waals surface area contributed by atoms with Crippen molar-refractivity contribution in [2.24, 2.45) is 0 Å². The Bertz CT molecular complexity index is 825. The van der Waals surface area contributed by atoms with Crippen molar-refractivity contribution in [3.63, 3.8) is 0 Å². The lowest BCUT2D eigenvalue weighted by Crippen LogP contribution is -2.09. The van der Waals surface area contributed by atoms with Gasteiger partial charge in [0.05, 0.1) is 20.3 Å². The molecule has 0 radical (unpaired) electrons. The monoisotopic (exact) mass is 308 g/mol. The highest BCUT2D eigenvalue weighted by Gasteiger charge is 2.20. The van der Waals surface area contributed by atoms with Gasteiger partial charge in [0, 0.05) is 29.2 Å². The van der Waals surface area contributed by atoms with Gasteiger partial charge in [0.1, 0.15) is 0 Å². The molecule has 118 valence electrons. The first-order chi connectivity index (χ1) is 11.0. The zero-order chi connectivity index (χ0) is 16.6. The molecule has 0 bridgehead atoms. The van der Waals surface area contributed by atoms with Crippen LogP contribution in [0.5, 0.6) is 11.5 Å². The largest absolute Gasteiger partial charge is 0.493 e. The number of rotatable bonds is 2. The van der Waals surface area contributed by atoms with Crippen LogP contribution in [0.4, 0.5) is 0 Å². The summed E-state index contributed by atoms with van der Waals surface area (Å²) in [5.41, 5.74) is 6.03. The summed E-state index contributed by atoms with van der Waals surface area (Å²) in [6.07, 6.45) is -0.0894.